The zero-order chi connectivity index (χ0) is 14.8. The van der Waals surface area contributed by atoms with Crippen molar-refractivity contribution in [3.63, 3.8) is 0 Å². The van der Waals surface area contributed by atoms with Crippen molar-refractivity contribution in [3.05, 3.63) is 59.7 Å². The number of carbonyl (C=O) groups is 1. The third-order valence-electron chi connectivity index (χ3n) is 3.21. The highest BCUT2D eigenvalue weighted by Crippen LogP contribution is 2.34. The molecule has 0 aliphatic carbocycles. The standard InChI is InChI=1S/C16H15N3OS/c1-10-7-8-12-13(9-10)19-16(18-12)21-14(15(17)20)11-5-3-2-4-6-11/h2-9,14H,1H3,(H2,17,20)(H,18,19)/t14-/m1/s1. The number of H-pyrrole nitrogens is 1. The first-order valence-corrected chi connectivity index (χ1v) is 7.49. The minimum absolute atomic E-state index is 0.372. The van der Waals surface area contributed by atoms with E-state index < -0.39 is 5.25 Å². The molecule has 3 N–H and O–H groups in total. The fourth-order valence-corrected chi connectivity index (χ4v) is 3.14. The van der Waals surface area contributed by atoms with Crippen LogP contribution in [-0.2, 0) is 4.79 Å². The average molecular weight is 297 g/mol. The van der Waals surface area contributed by atoms with E-state index in [4.69, 9.17) is 5.73 Å². The van der Waals surface area contributed by atoms with Gasteiger partial charge in [0, 0.05) is 0 Å². The van der Waals surface area contributed by atoms with E-state index in [0.29, 0.717) is 5.16 Å². The second-order valence-corrected chi connectivity index (χ2v) is 5.97. The Balaban J connectivity index is 1.93. The smallest absolute Gasteiger partial charge is 0.235 e. The zero-order valence-corrected chi connectivity index (χ0v) is 12.4. The van der Waals surface area contributed by atoms with Crippen LogP contribution in [0.3, 0.4) is 0 Å². The van der Waals surface area contributed by atoms with E-state index in [1.165, 1.54) is 11.8 Å². The molecule has 0 unspecified atom stereocenters. The fraction of sp³-hybridized carbons (Fsp3) is 0.125. The van der Waals surface area contributed by atoms with Gasteiger partial charge < -0.3 is 10.7 Å². The van der Waals surface area contributed by atoms with Crippen molar-refractivity contribution in [1.29, 1.82) is 0 Å². The first kappa shape index (κ1) is 13.7. The van der Waals surface area contributed by atoms with Crippen molar-refractivity contribution in [2.45, 2.75) is 17.3 Å². The second-order valence-electron chi connectivity index (χ2n) is 4.87. The molecule has 4 nitrogen and oxygen atoms in total. The van der Waals surface area contributed by atoms with Crippen LogP contribution in [0, 0.1) is 6.92 Å². The largest absolute Gasteiger partial charge is 0.368 e. The lowest BCUT2D eigenvalue weighted by atomic mass is 10.1. The Morgan fingerprint density at radius 2 is 2.00 bits per heavy atom. The van der Waals surface area contributed by atoms with Crippen molar-refractivity contribution in [1.82, 2.24) is 9.97 Å². The van der Waals surface area contributed by atoms with Crippen molar-refractivity contribution in [3.8, 4) is 0 Å². The molecule has 3 aromatic rings. The molecule has 0 radical (unpaired) electrons. The molecule has 0 fully saturated rings. The van der Waals surface area contributed by atoms with E-state index in [-0.39, 0.29) is 5.91 Å². The number of hydrogen-bond acceptors (Lipinski definition) is 3. The second kappa shape index (κ2) is 5.61. The van der Waals surface area contributed by atoms with Gasteiger partial charge in [-0.1, -0.05) is 48.2 Å². The molecule has 21 heavy (non-hydrogen) atoms. The summed E-state index contributed by atoms with van der Waals surface area (Å²) in [6, 6.07) is 15.5. The molecular formula is C16H15N3OS. The molecule has 1 heterocycles. The third kappa shape index (κ3) is 2.92. The number of hydrogen-bond donors (Lipinski definition) is 2. The molecule has 106 valence electrons. The molecule has 3 rings (SSSR count). The fourth-order valence-electron chi connectivity index (χ4n) is 2.19. The minimum Gasteiger partial charge on any atom is -0.368 e. The number of rotatable bonds is 4. The van der Waals surface area contributed by atoms with Crippen molar-refractivity contribution >= 4 is 28.7 Å². The Morgan fingerprint density at radius 1 is 1.24 bits per heavy atom. The number of aromatic nitrogens is 2. The van der Waals surface area contributed by atoms with Gasteiger partial charge in [0.15, 0.2) is 5.16 Å². The Morgan fingerprint density at radius 3 is 2.71 bits per heavy atom. The van der Waals surface area contributed by atoms with Crippen LogP contribution in [0.2, 0.25) is 0 Å². The SMILES string of the molecule is Cc1ccc2nc(S[C@@H](C(N)=O)c3ccccc3)[nH]c2c1. The van der Waals surface area contributed by atoms with E-state index in [1.54, 1.807) is 0 Å². The van der Waals surface area contributed by atoms with Gasteiger partial charge >= 0.3 is 0 Å². The number of fused-ring (bicyclic) bond motifs is 1. The summed E-state index contributed by atoms with van der Waals surface area (Å²) in [5.74, 6) is -0.372. The lowest BCUT2D eigenvalue weighted by molar-refractivity contribution is -0.117. The van der Waals surface area contributed by atoms with Crippen molar-refractivity contribution < 1.29 is 4.79 Å². The summed E-state index contributed by atoms with van der Waals surface area (Å²) >= 11 is 1.34. The maximum absolute atomic E-state index is 11.7. The molecule has 0 saturated heterocycles. The lowest BCUT2D eigenvalue weighted by Crippen LogP contribution is -2.19. The van der Waals surface area contributed by atoms with E-state index in [0.717, 1.165) is 22.2 Å². The molecular weight excluding hydrogens is 282 g/mol. The minimum atomic E-state index is -0.451. The van der Waals surface area contributed by atoms with Gasteiger partial charge in [-0.2, -0.15) is 0 Å². The normalized spacial score (nSPS) is 12.4. The van der Waals surface area contributed by atoms with Crippen LogP contribution in [0.5, 0.6) is 0 Å². The van der Waals surface area contributed by atoms with Crippen LogP contribution in [-0.4, -0.2) is 15.9 Å². The monoisotopic (exact) mass is 297 g/mol. The summed E-state index contributed by atoms with van der Waals surface area (Å²) in [4.78, 5) is 19.5. The lowest BCUT2D eigenvalue weighted by Gasteiger charge is -2.11. The highest BCUT2D eigenvalue weighted by Gasteiger charge is 2.20. The first-order chi connectivity index (χ1) is 10.1. The van der Waals surface area contributed by atoms with Gasteiger partial charge in [-0.25, -0.2) is 4.98 Å². The average Bonchev–Trinajstić information content (AvgIpc) is 2.87. The van der Waals surface area contributed by atoms with Gasteiger partial charge in [0.05, 0.1) is 11.0 Å². The molecule has 0 saturated carbocycles. The number of aromatic amines is 1. The highest BCUT2D eigenvalue weighted by atomic mass is 32.2. The Bertz CT molecular complexity index is 783. The molecule has 0 spiro atoms. The summed E-state index contributed by atoms with van der Waals surface area (Å²) in [6.07, 6.45) is 0. The first-order valence-electron chi connectivity index (χ1n) is 6.61. The molecule has 0 aliphatic rings. The summed E-state index contributed by atoms with van der Waals surface area (Å²) in [6.45, 7) is 2.03. The molecule has 1 atom stereocenters. The molecule has 5 heteroatoms. The quantitative estimate of drug-likeness (QED) is 0.726. The predicted octanol–water partition coefficient (Wildman–Crippen LogP) is 3.19. The van der Waals surface area contributed by atoms with E-state index in [1.807, 2.05) is 55.5 Å². The Kier molecular flexibility index (Phi) is 3.66. The summed E-state index contributed by atoms with van der Waals surface area (Å²) < 4.78 is 0. The number of imidazole rings is 1. The summed E-state index contributed by atoms with van der Waals surface area (Å²) in [5, 5.41) is 0.246. The third-order valence-corrected chi connectivity index (χ3v) is 4.36. The maximum Gasteiger partial charge on any atom is 0.235 e. The number of aryl methyl sites for hydroxylation is 1. The molecule has 0 bridgehead atoms. The van der Waals surface area contributed by atoms with E-state index in [9.17, 15) is 4.79 Å². The number of nitrogens with zero attached hydrogens (tertiary/aromatic N) is 1. The van der Waals surface area contributed by atoms with Gasteiger partial charge in [0.25, 0.3) is 0 Å². The van der Waals surface area contributed by atoms with Gasteiger partial charge in [0.2, 0.25) is 5.91 Å². The van der Waals surface area contributed by atoms with Crippen molar-refractivity contribution in [2.75, 3.05) is 0 Å². The molecule has 1 amide bonds. The van der Waals surface area contributed by atoms with Gasteiger partial charge in [0.1, 0.15) is 5.25 Å². The van der Waals surface area contributed by atoms with Gasteiger partial charge in [-0.05, 0) is 30.2 Å². The highest BCUT2D eigenvalue weighted by molar-refractivity contribution is 8.00. The van der Waals surface area contributed by atoms with E-state index in [2.05, 4.69) is 9.97 Å². The van der Waals surface area contributed by atoms with Crippen LogP contribution in [0.1, 0.15) is 16.4 Å². The van der Waals surface area contributed by atoms with Crippen LogP contribution in [0.15, 0.2) is 53.7 Å². The summed E-state index contributed by atoms with van der Waals surface area (Å²) in [7, 11) is 0. The number of nitrogens with two attached hydrogens (primary N) is 1. The summed E-state index contributed by atoms with van der Waals surface area (Å²) in [5.41, 5.74) is 9.43. The number of nitrogens with one attached hydrogen (secondary N) is 1. The Labute approximate surface area is 126 Å². The Hall–Kier alpha value is -2.27. The number of thioether (sulfide) groups is 1. The van der Waals surface area contributed by atoms with Crippen molar-refractivity contribution in [2.24, 2.45) is 5.73 Å². The molecule has 0 aliphatic heterocycles. The zero-order valence-electron chi connectivity index (χ0n) is 11.5. The number of amides is 1. The van der Waals surface area contributed by atoms with E-state index >= 15 is 0 Å². The maximum atomic E-state index is 11.7. The van der Waals surface area contributed by atoms with Crippen LogP contribution in [0.4, 0.5) is 0 Å². The topological polar surface area (TPSA) is 71.8 Å². The van der Waals surface area contributed by atoms with Crippen LogP contribution in [0.25, 0.3) is 11.0 Å². The van der Waals surface area contributed by atoms with Crippen LogP contribution >= 0.6 is 11.8 Å². The molecule has 2 aromatic carbocycles. The number of benzene rings is 2. The van der Waals surface area contributed by atoms with Gasteiger partial charge in [-0.3, -0.25) is 4.79 Å². The number of primary amides is 1. The van der Waals surface area contributed by atoms with Gasteiger partial charge in [-0.15, -0.1) is 0 Å². The number of carbonyl (C=O) groups excluding carboxylic acids is 1. The molecule has 1 aromatic heterocycles. The van der Waals surface area contributed by atoms with Crippen LogP contribution < -0.4 is 5.73 Å². The predicted molar refractivity (Wildman–Crippen MR) is 85.1 cm³/mol.